The Bertz CT molecular complexity index is 164. The molecule has 0 aliphatic rings. The van der Waals surface area contributed by atoms with Crippen LogP contribution in [0, 0.1) is 0 Å². The maximum absolute atomic E-state index is 11.3. The molecule has 0 radical (unpaired) electrons. The topological polar surface area (TPSA) is 64.8 Å². The third kappa shape index (κ3) is 5.16. The second-order valence-corrected chi connectivity index (χ2v) is 3.05. The Balaban J connectivity index is 3.62. The van der Waals surface area contributed by atoms with E-state index in [-0.39, 0.29) is 12.5 Å². The molecule has 2 N–H and O–H groups in total. The van der Waals surface area contributed by atoms with Crippen molar-refractivity contribution in [2.75, 3.05) is 27.4 Å². The molecule has 0 aromatic carbocycles. The molecule has 1 unspecified atom stereocenters. The van der Waals surface area contributed by atoms with Gasteiger partial charge in [-0.15, -0.1) is 0 Å². The summed E-state index contributed by atoms with van der Waals surface area (Å²) in [5.74, 6) is -0.274. The van der Waals surface area contributed by atoms with Crippen LogP contribution in [0.25, 0.3) is 0 Å². The Morgan fingerprint density at radius 1 is 1.57 bits per heavy atom. The monoisotopic (exact) mass is 204 g/mol. The molecule has 0 aromatic rings. The minimum Gasteiger partial charge on any atom is -0.379 e. The van der Waals surface area contributed by atoms with Gasteiger partial charge in [0.05, 0.1) is 13.7 Å². The van der Waals surface area contributed by atoms with Gasteiger partial charge in [0.15, 0.2) is 0 Å². The van der Waals surface area contributed by atoms with Gasteiger partial charge in [0.1, 0.15) is 6.04 Å². The van der Waals surface area contributed by atoms with Crippen molar-refractivity contribution in [1.29, 1.82) is 0 Å². The highest BCUT2D eigenvalue weighted by Gasteiger charge is 2.17. The van der Waals surface area contributed by atoms with Gasteiger partial charge in [0.25, 0.3) is 5.91 Å². The average Bonchev–Trinajstić information content (AvgIpc) is 2.21. The van der Waals surface area contributed by atoms with Crippen LogP contribution >= 0.6 is 0 Å². The van der Waals surface area contributed by atoms with Crippen LogP contribution in [-0.4, -0.2) is 44.4 Å². The maximum atomic E-state index is 11.3. The highest BCUT2D eigenvalue weighted by molar-refractivity contribution is 5.80. The van der Waals surface area contributed by atoms with Crippen LogP contribution < -0.4 is 5.73 Å². The van der Waals surface area contributed by atoms with Gasteiger partial charge in [-0.1, -0.05) is 13.3 Å². The average molecular weight is 204 g/mol. The van der Waals surface area contributed by atoms with Crippen molar-refractivity contribution in [2.45, 2.75) is 25.8 Å². The van der Waals surface area contributed by atoms with Gasteiger partial charge in [0, 0.05) is 13.7 Å². The summed E-state index contributed by atoms with van der Waals surface area (Å²) >= 11 is 0. The number of carbonyl (C=O) groups excluding carboxylic acids is 1. The summed E-state index contributed by atoms with van der Waals surface area (Å²) in [5.41, 5.74) is 5.58. The van der Waals surface area contributed by atoms with Crippen LogP contribution in [0.15, 0.2) is 0 Å². The van der Waals surface area contributed by atoms with E-state index in [0.29, 0.717) is 6.61 Å². The summed E-state index contributed by atoms with van der Waals surface area (Å²) in [6.45, 7) is 2.97. The largest absolute Gasteiger partial charge is 0.379 e. The minimum absolute atomic E-state index is 0.243. The van der Waals surface area contributed by atoms with Crippen LogP contribution in [0.4, 0.5) is 0 Å². The lowest BCUT2D eigenvalue weighted by Crippen LogP contribution is -2.44. The Morgan fingerprint density at radius 3 is 2.71 bits per heavy atom. The Labute approximate surface area is 85.1 Å². The summed E-state index contributed by atoms with van der Waals surface area (Å²) in [6.07, 6.45) is 2.06. The Morgan fingerprint density at radius 2 is 2.21 bits per heavy atom. The fourth-order valence-electron chi connectivity index (χ4n) is 0.851. The Kier molecular flexibility index (Phi) is 7.37. The highest BCUT2D eigenvalue weighted by atomic mass is 16.7. The fourth-order valence-corrected chi connectivity index (χ4v) is 0.851. The van der Waals surface area contributed by atoms with E-state index in [2.05, 4.69) is 6.92 Å². The number of hydrogen-bond donors (Lipinski definition) is 1. The quantitative estimate of drug-likeness (QED) is 0.473. The normalized spacial score (nSPS) is 12.6. The zero-order chi connectivity index (χ0) is 11.0. The molecule has 1 amide bonds. The SMILES string of the molecule is CCCCOCC(N)C(=O)N(C)OC. The molecule has 14 heavy (non-hydrogen) atoms. The summed E-state index contributed by atoms with van der Waals surface area (Å²) in [5, 5.41) is 1.11. The first-order chi connectivity index (χ1) is 6.63. The van der Waals surface area contributed by atoms with Crippen LogP contribution in [0.2, 0.25) is 0 Å². The molecule has 0 aliphatic carbocycles. The van der Waals surface area contributed by atoms with Gasteiger partial charge in [0.2, 0.25) is 0 Å². The first-order valence-electron chi connectivity index (χ1n) is 4.78. The molecule has 0 aliphatic heterocycles. The number of hydroxylamine groups is 2. The molecule has 5 nitrogen and oxygen atoms in total. The molecule has 0 heterocycles. The van der Waals surface area contributed by atoms with Crippen LogP contribution in [0.5, 0.6) is 0 Å². The van der Waals surface area contributed by atoms with Crippen molar-refractivity contribution in [3.05, 3.63) is 0 Å². The van der Waals surface area contributed by atoms with Crippen molar-refractivity contribution in [3.8, 4) is 0 Å². The minimum atomic E-state index is -0.642. The lowest BCUT2D eigenvalue weighted by Gasteiger charge is -2.18. The third-order valence-corrected chi connectivity index (χ3v) is 1.84. The van der Waals surface area contributed by atoms with Crippen molar-refractivity contribution >= 4 is 5.91 Å². The van der Waals surface area contributed by atoms with E-state index in [9.17, 15) is 4.79 Å². The van der Waals surface area contributed by atoms with Gasteiger partial charge in [-0.25, -0.2) is 5.06 Å². The molecule has 1 atom stereocenters. The molecule has 5 heteroatoms. The van der Waals surface area contributed by atoms with E-state index in [1.165, 1.54) is 14.2 Å². The number of amides is 1. The lowest BCUT2D eigenvalue weighted by atomic mass is 10.3. The maximum Gasteiger partial charge on any atom is 0.265 e. The zero-order valence-corrected chi connectivity index (χ0v) is 9.16. The van der Waals surface area contributed by atoms with Gasteiger partial charge in [-0.05, 0) is 6.42 Å². The van der Waals surface area contributed by atoms with Crippen LogP contribution in [0.3, 0.4) is 0 Å². The van der Waals surface area contributed by atoms with Crippen LogP contribution in [-0.2, 0) is 14.4 Å². The number of likely N-dealkylation sites (N-methyl/N-ethyl adjacent to an activating group) is 1. The molecular weight excluding hydrogens is 184 g/mol. The number of rotatable bonds is 7. The molecule has 0 spiro atoms. The van der Waals surface area contributed by atoms with Crippen molar-refractivity contribution < 1.29 is 14.4 Å². The number of carbonyl (C=O) groups is 1. The number of nitrogens with zero attached hydrogens (tertiary/aromatic N) is 1. The summed E-state index contributed by atoms with van der Waals surface area (Å²) in [4.78, 5) is 16.0. The summed E-state index contributed by atoms with van der Waals surface area (Å²) < 4.78 is 5.22. The standard InChI is InChI=1S/C9H20N2O3/c1-4-5-6-14-7-8(10)9(12)11(2)13-3/h8H,4-7,10H2,1-3H3. The summed E-state index contributed by atoms with van der Waals surface area (Å²) in [7, 11) is 2.94. The lowest BCUT2D eigenvalue weighted by molar-refractivity contribution is -0.171. The predicted molar refractivity (Wildman–Crippen MR) is 53.5 cm³/mol. The first-order valence-corrected chi connectivity index (χ1v) is 4.78. The van der Waals surface area contributed by atoms with Crippen molar-refractivity contribution in [2.24, 2.45) is 5.73 Å². The van der Waals surface area contributed by atoms with E-state index in [1.807, 2.05) is 0 Å². The molecule has 0 fully saturated rings. The molecular formula is C9H20N2O3. The van der Waals surface area contributed by atoms with Crippen molar-refractivity contribution in [3.63, 3.8) is 0 Å². The highest BCUT2D eigenvalue weighted by Crippen LogP contribution is 1.93. The number of unbranched alkanes of at least 4 members (excludes halogenated alkanes) is 1. The second kappa shape index (κ2) is 7.73. The summed E-state index contributed by atoms with van der Waals surface area (Å²) in [6, 6.07) is -0.642. The first kappa shape index (κ1) is 13.4. The second-order valence-electron chi connectivity index (χ2n) is 3.05. The van der Waals surface area contributed by atoms with E-state index >= 15 is 0 Å². The number of ether oxygens (including phenoxy) is 1. The molecule has 0 bridgehead atoms. The van der Waals surface area contributed by atoms with Gasteiger partial charge in [-0.2, -0.15) is 0 Å². The smallest absolute Gasteiger partial charge is 0.265 e. The van der Waals surface area contributed by atoms with Gasteiger partial charge in [-0.3, -0.25) is 9.63 Å². The van der Waals surface area contributed by atoms with E-state index in [4.69, 9.17) is 15.3 Å². The molecule has 84 valence electrons. The third-order valence-electron chi connectivity index (χ3n) is 1.84. The fraction of sp³-hybridized carbons (Fsp3) is 0.889. The molecule has 0 aromatic heterocycles. The molecule has 0 rings (SSSR count). The van der Waals surface area contributed by atoms with Gasteiger partial charge >= 0.3 is 0 Å². The zero-order valence-electron chi connectivity index (χ0n) is 9.16. The van der Waals surface area contributed by atoms with E-state index < -0.39 is 6.04 Å². The van der Waals surface area contributed by atoms with E-state index in [1.54, 1.807) is 0 Å². The number of hydrogen-bond acceptors (Lipinski definition) is 4. The Hall–Kier alpha value is -0.650. The van der Waals surface area contributed by atoms with E-state index in [0.717, 1.165) is 17.9 Å². The van der Waals surface area contributed by atoms with Gasteiger partial charge < -0.3 is 10.5 Å². The predicted octanol–water partition coefficient (Wildman–Crippen LogP) is 0.150. The van der Waals surface area contributed by atoms with Crippen LogP contribution in [0.1, 0.15) is 19.8 Å². The molecule has 0 saturated heterocycles. The van der Waals surface area contributed by atoms with Crippen molar-refractivity contribution in [1.82, 2.24) is 5.06 Å². The molecule has 0 saturated carbocycles. The number of nitrogens with two attached hydrogens (primary N) is 1.